The number of nitrogens with two attached hydrogens (primary N) is 1. The van der Waals surface area contributed by atoms with Crippen LogP contribution in [0.25, 0.3) is 0 Å². The number of hydrogen-bond donors (Lipinski definition) is 7. The van der Waals surface area contributed by atoms with E-state index in [9.17, 15) is 47.4 Å². The van der Waals surface area contributed by atoms with Crippen molar-refractivity contribution in [1.29, 1.82) is 5.41 Å². The third-order valence-corrected chi connectivity index (χ3v) is 9.73. The maximum atomic E-state index is 13.5. The van der Waals surface area contributed by atoms with E-state index >= 15 is 0 Å². The zero-order valence-corrected chi connectivity index (χ0v) is 25.8. The maximum absolute atomic E-state index is 13.5. The Morgan fingerprint density at radius 3 is 1.94 bits per heavy atom. The number of amidine groups is 1. The molecule has 17 heteroatoms. The second-order valence-electron chi connectivity index (χ2n) is 13.2. The summed E-state index contributed by atoms with van der Waals surface area (Å²) in [5.74, 6) is -5.71. The molecule has 14 nitrogen and oxygen atoms in total. The number of amides is 3. The number of nitrogens with zero attached hydrogens (tertiary/aromatic N) is 1. The molecule has 1 aromatic rings. The van der Waals surface area contributed by atoms with Gasteiger partial charge in [-0.3, -0.25) is 24.6 Å². The highest BCUT2D eigenvalue weighted by molar-refractivity contribution is 5.97. The summed E-state index contributed by atoms with van der Waals surface area (Å²) in [5, 5.41) is 39.7. The fourth-order valence-electron chi connectivity index (χ4n) is 8.13. The lowest BCUT2D eigenvalue weighted by molar-refractivity contribution is -0.192. The molecule has 5 fully saturated rings. The van der Waals surface area contributed by atoms with Gasteiger partial charge in [0.15, 0.2) is 0 Å². The molecule has 5 aliphatic rings. The molecule has 3 atom stereocenters. The van der Waals surface area contributed by atoms with E-state index in [1.54, 1.807) is 24.3 Å². The van der Waals surface area contributed by atoms with Crippen LogP contribution in [0.5, 0.6) is 0 Å². The normalized spacial score (nSPS) is 26.9. The van der Waals surface area contributed by atoms with E-state index < -0.39 is 71.8 Å². The van der Waals surface area contributed by atoms with Gasteiger partial charge >= 0.3 is 24.1 Å². The fourth-order valence-corrected chi connectivity index (χ4v) is 8.13. The second kappa shape index (κ2) is 14.2. The Bertz CT molecular complexity index is 1430. The van der Waals surface area contributed by atoms with Crippen molar-refractivity contribution in [2.45, 2.75) is 82.1 Å². The third-order valence-electron chi connectivity index (χ3n) is 9.73. The monoisotopic (exact) mass is 681 g/mol. The summed E-state index contributed by atoms with van der Waals surface area (Å²) in [6.45, 7) is 0.0531. The molecule has 1 heterocycles. The molecular formula is C31H38F3N5O9. The Morgan fingerprint density at radius 1 is 0.979 bits per heavy atom. The van der Waals surface area contributed by atoms with Crippen LogP contribution in [-0.2, 0) is 35.2 Å². The van der Waals surface area contributed by atoms with Gasteiger partial charge in [0.1, 0.15) is 24.0 Å². The predicted molar refractivity (Wildman–Crippen MR) is 159 cm³/mol. The summed E-state index contributed by atoms with van der Waals surface area (Å²) in [7, 11) is 0. The van der Waals surface area contributed by atoms with Crippen LogP contribution in [0.4, 0.5) is 13.2 Å². The largest absolute Gasteiger partial charge is 0.490 e. The summed E-state index contributed by atoms with van der Waals surface area (Å²) in [6, 6.07) is 3.09. The zero-order chi connectivity index (χ0) is 35.6. The lowest BCUT2D eigenvalue weighted by Gasteiger charge is -2.58. The number of carboxylic acids is 3. The highest BCUT2D eigenvalue weighted by Crippen LogP contribution is 2.61. The highest BCUT2D eigenvalue weighted by atomic mass is 19.4. The predicted octanol–water partition coefficient (Wildman–Crippen LogP) is 1.49. The first-order valence-electron chi connectivity index (χ1n) is 15.5. The van der Waals surface area contributed by atoms with Crippen molar-refractivity contribution in [3.05, 3.63) is 35.4 Å². The van der Waals surface area contributed by atoms with Gasteiger partial charge in [-0.1, -0.05) is 24.3 Å². The van der Waals surface area contributed by atoms with Gasteiger partial charge in [0.25, 0.3) is 0 Å². The molecule has 0 unspecified atom stereocenters. The minimum atomic E-state index is -5.08. The van der Waals surface area contributed by atoms with Gasteiger partial charge in [-0.15, -0.1) is 0 Å². The van der Waals surface area contributed by atoms with Gasteiger partial charge in [-0.2, -0.15) is 13.2 Å². The van der Waals surface area contributed by atoms with Crippen molar-refractivity contribution >= 4 is 41.5 Å². The van der Waals surface area contributed by atoms with E-state index in [0.717, 1.165) is 43.4 Å². The Balaban J connectivity index is 0.000000671. The van der Waals surface area contributed by atoms with Crippen molar-refractivity contribution in [3.8, 4) is 0 Å². The van der Waals surface area contributed by atoms with E-state index in [4.69, 9.17) is 21.0 Å². The van der Waals surface area contributed by atoms with E-state index in [2.05, 4.69) is 10.6 Å². The van der Waals surface area contributed by atoms with Gasteiger partial charge in [-0.25, -0.2) is 9.59 Å². The first-order chi connectivity index (χ1) is 22.4. The van der Waals surface area contributed by atoms with Crippen LogP contribution in [0.2, 0.25) is 0 Å². The molecule has 1 saturated heterocycles. The molecule has 6 rings (SSSR count). The molecule has 4 bridgehead atoms. The molecular weight excluding hydrogens is 643 g/mol. The van der Waals surface area contributed by atoms with E-state index in [-0.39, 0.29) is 25.2 Å². The number of likely N-dealkylation sites (tertiary alicyclic amines) is 1. The number of nitrogen functional groups attached to an aromatic ring is 1. The van der Waals surface area contributed by atoms with Crippen molar-refractivity contribution in [2.75, 3.05) is 6.54 Å². The molecule has 1 aliphatic heterocycles. The molecule has 4 aliphatic carbocycles. The highest BCUT2D eigenvalue weighted by Gasteiger charge is 2.57. The van der Waals surface area contributed by atoms with Gasteiger partial charge in [0.05, 0.1) is 12.8 Å². The minimum absolute atomic E-state index is 0.0215. The van der Waals surface area contributed by atoms with Crippen molar-refractivity contribution in [3.63, 3.8) is 0 Å². The number of rotatable bonds is 11. The molecule has 8 N–H and O–H groups in total. The fraction of sp³-hybridized carbons (Fsp3) is 0.581. The maximum Gasteiger partial charge on any atom is 0.490 e. The Morgan fingerprint density at radius 2 is 1.50 bits per heavy atom. The van der Waals surface area contributed by atoms with Gasteiger partial charge in [0, 0.05) is 17.5 Å². The molecule has 48 heavy (non-hydrogen) atoms. The van der Waals surface area contributed by atoms with E-state index in [1.807, 2.05) is 0 Å². The SMILES string of the molecule is N=C(N)c1ccc(CC(=O)N[C@H]2CCN([C@@H](CC(=O)O)C(=O)N[C@H](C(=O)O)C34CC5CC(CC(C5)C3)C4)C2=O)cc1.O=C(O)C(F)(F)F. The average molecular weight is 682 g/mol. The quantitative estimate of drug-likeness (QED) is 0.131. The lowest BCUT2D eigenvalue weighted by atomic mass is 9.47. The van der Waals surface area contributed by atoms with Crippen LogP contribution in [0, 0.1) is 28.6 Å². The molecule has 1 aromatic carbocycles. The molecule has 4 saturated carbocycles. The van der Waals surface area contributed by atoms with Gasteiger partial charge in [0.2, 0.25) is 17.7 Å². The van der Waals surface area contributed by atoms with Crippen LogP contribution >= 0.6 is 0 Å². The Kier molecular flexibility index (Phi) is 10.7. The topological polar surface area (TPSA) is 240 Å². The molecule has 0 aromatic heterocycles. The summed E-state index contributed by atoms with van der Waals surface area (Å²) in [4.78, 5) is 73.7. The van der Waals surface area contributed by atoms with Crippen LogP contribution < -0.4 is 16.4 Å². The van der Waals surface area contributed by atoms with Crippen molar-refractivity contribution < 1.29 is 57.3 Å². The lowest BCUT2D eigenvalue weighted by Crippen LogP contribution is -2.62. The van der Waals surface area contributed by atoms with Crippen LogP contribution in [-0.4, -0.2) is 92.5 Å². The smallest absolute Gasteiger partial charge is 0.481 e. The standard InChI is InChI=1S/C29H37N5O7.C2HF3O2/c30-25(31)19-3-1-15(2-4-19)10-22(35)32-20-5-6-34(27(20)39)21(11-23(36)37)26(38)33-24(28(40)41)29-12-16-7-17(13-29)9-18(8-16)14-29;3-2(4,5)1(6)7/h1-4,16-18,20-21,24H,5-14H2,(H3,30,31)(H,32,35)(H,33,38)(H,36,37)(H,40,41);(H,6,7)/t16?,17?,18?,20-,21-,24+,29?;/m0./s1. The molecule has 3 amide bonds. The van der Waals surface area contributed by atoms with E-state index in [0.29, 0.717) is 28.9 Å². The van der Waals surface area contributed by atoms with Gasteiger partial charge < -0.3 is 36.6 Å². The first-order valence-corrected chi connectivity index (χ1v) is 15.5. The number of nitrogens with one attached hydrogen (secondary N) is 3. The number of carbonyl (C=O) groups excluding carboxylic acids is 3. The van der Waals surface area contributed by atoms with Crippen LogP contribution in [0.1, 0.15) is 62.5 Å². The number of aliphatic carboxylic acids is 3. The number of benzene rings is 1. The van der Waals surface area contributed by atoms with E-state index in [1.165, 1.54) is 0 Å². The molecule has 0 radical (unpaired) electrons. The average Bonchev–Trinajstić information content (AvgIpc) is 3.32. The minimum Gasteiger partial charge on any atom is -0.481 e. The number of hydrogen-bond acceptors (Lipinski definition) is 7. The number of carboxylic acid groups (broad SMARTS) is 3. The second-order valence-corrected chi connectivity index (χ2v) is 13.2. The number of carbonyl (C=O) groups is 6. The number of halogens is 3. The summed E-state index contributed by atoms with van der Waals surface area (Å²) < 4.78 is 31.7. The Hall–Kier alpha value is -4.70. The van der Waals surface area contributed by atoms with Crippen molar-refractivity contribution in [2.24, 2.45) is 28.9 Å². The number of alkyl halides is 3. The van der Waals surface area contributed by atoms with Gasteiger partial charge in [-0.05, 0) is 68.3 Å². The summed E-state index contributed by atoms with van der Waals surface area (Å²) >= 11 is 0. The summed E-state index contributed by atoms with van der Waals surface area (Å²) in [6.07, 6.45) is -0.105. The summed E-state index contributed by atoms with van der Waals surface area (Å²) in [5.41, 5.74) is 6.07. The van der Waals surface area contributed by atoms with Crippen LogP contribution in [0.3, 0.4) is 0 Å². The first kappa shape index (κ1) is 36.1. The van der Waals surface area contributed by atoms with Crippen LogP contribution in [0.15, 0.2) is 24.3 Å². The molecule has 0 spiro atoms. The Labute approximate surface area is 272 Å². The third kappa shape index (κ3) is 8.41. The van der Waals surface area contributed by atoms with Crippen molar-refractivity contribution in [1.82, 2.24) is 15.5 Å². The molecule has 262 valence electrons. The zero-order valence-electron chi connectivity index (χ0n) is 25.8.